The number of esters is 1. The molecule has 0 heterocycles. The predicted octanol–water partition coefficient (Wildman–Crippen LogP) is 14.3. The number of nitrogens with one attached hydrogen (secondary N) is 1. The lowest BCUT2D eigenvalue weighted by Gasteiger charge is -2.53. The molecule has 7 heteroatoms. The number of rotatable bonds is 19. The summed E-state index contributed by atoms with van der Waals surface area (Å²) in [6, 6.07) is 6.44. The number of carbonyl (C=O) groups is 3. The van der Waals surface area contributed by atoms with Gasteiger partial charge in [-0.2, -0.15) is 0 Å². The normalized spacial score (nSPS) is 23.3. The summed E-state index contributed by atoms with van der Waals surface area (Å²) in [6.45, 7) is 33.4. The molecule has 0 saturated heterocycles. The second-order valence-electron chi connectivity index (χ2n) is 18.2. The fraction of sp³-hybridized carbons (Fsp3) is 0.745. The maximum absolute atomic E-state index is 13.7. The molecule has 0 bridgehead atoms. The average molecular weight is 814 g/mol. The zero-order chi connectivity index (χ0) is 44.7. The first kappa shape index (κ1) is 55.0. The molecule has 1 aromatic rings. The molecule has 0 radical (unpaired) electrons. The Morgan fingerprint density at radius 1 is 1.02 bits per heavy atom. The summed E-state index contributed by atoms with van der Waals surface area (Å²) >= 11 is 0. The van der Waals surface area contributed by atoms with Crippen LogP contribution in [0.2, 0.25) is 0 Å². The number of aliphatic carboxylic acids is 1. The maximum atomic E-state index is 13.7. The van der Waals surface area contributed by atoms with Crippen LogP contribution in [0.1, 0.15) is 192 Å². The van der Waals surface area contributed by atoms with E-state index < -0.39 is 11.4 Å². The van der Waals surface area contributed by atoms with Crippen molar-refractivity contribution in [2.45, 2.75) is 199 Å². The fourth-order valence-electron chi connectivity index (χ4n) is 9.42. The summed E-state index contributed by atoms with van der Waals surface area (Å²) in [6.07, 6.45) is 16.2. The van der Waals surface area contributed by atoms with Gasteiger partial charge in [0.2, 0.25) is 5.91 Å². The minimum atomic E-state index is -0.879. The Kier molecular flexibility index (Phi) is 26.3. The van der Waals surface area contributed by atoms with E-state index in [-0.39, 0.29) is 53.4 Å². The molecule has 8 atom stereocenters. The molecule has 1 fully saturated rings. The molecule has 2 N–H and O–H groups in total. The van der Waals surface area contributed by atoms with E-state index in [2.05, 4.69) is 66.4 Å². The summed E-state index contributed by atoms with van der Waals surface area (Å²) in [5, 5.41) is 12.5. The molecule has 58 heavy (non-hydrogen) atoms. The molecule has 0 aromatic heterocycles. The van der Waals surface area contributed by atoms with E-state index in [1.165, 1.54) is 12.1 Å². The van der Waals surface area contributed by atoms with E-state index in [9.17, 15) is 23.9 Å². The Morgan fingerprint density at radius 2 is 1.66 bits per heavy atom. The summed E-state index contributed by atoms with van der Waals surface area (Å²) in [4.78, 5) is 37.9. The number of benzene rings is 1. The van der Waals surface area contributed by atoms with E-state index in [0.29, 0.717) is 36.6 Å². The van der Waals surface area contributed by atoms with Crippen molar-refractivity contribution in [2.24, 2.45) is 45.8 Å². The molecule has 0 spiro atoms. The predicted molar refractivity (Wildman–Crippen MR) is 243 cm³/mol. The van der Waals surface area contributed by atoms with Gasteiger partial charge in [0.15, 0.2) is 0 Å². The van der Waals surface area contributed by atoms with Crippen molar-refractivity contribution in [3.05, 3.63) is 60.0 Å². The van der Waals surface area contributed by atoms with Gasteiger partial charge >= 0.3 is 11.9 Å². The molecule has 2 aliphatic rings. The highest BCUT2D eigenvalue weighted by molar-refractivity contribution is 5.79. The van der Waals surface area contributed by atoms with Gasteiger partial charge in [-0.05, 0) is 117 Å². The fourth-order valence-corrected chi connectivity index (χ4v) is 9.42. The molecule has 3 rings (SSSR count). The zero-order valence-corrected chi connectivity index (χ0v) is 39.7. The number of fused-ring (bicyclic) bond motifs is 1. The number of amides is 1. The Bertz CT molecular complexity index is 1390. The lowest BCUT2D eigenvalue weighted by Crippen LogP contribution is -2.50. The molecule has 6 unspecified atom stereocenters. The summed E-state index contributed by atoms with van der Waals surface area (Å²) in [5.41, 5.74) is 1.61. The molecule has 0 aliphatic heterocycles. The van der Waals surface area contributed by atoms with Crippen molar-refractivity contribution in [1.29, 1.82) is 0 Å². The monoisotopic (exact) mass is 814 g/mol. The van der Waals surface area contributed by atoms with E-state index in [0.717, 1.165) is 76.2 Å². The van der Waals surface area contributed by atoms with Gasteiger partial charge in [0.1, 0.15) is 11.9 Å². The molecular formula is C51H88FNO5. The van der Waals surface area contributed by atoms with Crippen LogP contribution < -0.4 is 5.32 Å². The highest BCUT2D eigenvalue weighted by Crippen LogP contribution is 2.57. The van der Waals surface area contributed by atoms with Crippen molar-refractivity contribution >= 4 is 17.8 Å². The van der Waals surface area contributed by atoms with Crippen LogP contribution >= 0.6 is 0 Å². The summed E-state index contributed by atoms with van der Waals surface area (Å²) in [7, 11) is 0. The molecule has 6 nitrogen and oxygen atoms in total. The third-order valence-corrected chi connectivity index (χ3v) is 13.0. The van der Waals surface area contributed by atoms with Crippen LogP contribution in [0.25, 0.3) is 0 Å². The van der Waals surface area contributed by atoms with Crippen molar-refractivity contribution in [3.8, 4) is 0 Å². The molecular weight excluding hydrogens is 726 g/mol. The van der Waals surface area contributed by atoms with Crippen LogP contribution in [0.3, 0.4) is 0 Å². The first-order valence-corrected chi connectivity index (χ1v) is 23.1. The van der Waals surface area contributed by atoms with Gasteiger partial charge in [0, 0.05) is 17.9 Å². The van der Waals surface area contributed by atoms with Gasteiger partial charge in [0.05, 0.1) is 12.8 Å². The number of carboxylic acids is 1. The third kappa shape index (κ3) is 18.1. The number of allylic oxidation sites excluding steroid dienone is 3. The number of halogens is 1. The van der Waals surface area contributed by atoms with Crippen molar-refractivity contribution in [1.82, 2.24) is 5.32 Å². The highest BCUT2D eigenvalue weighted by atomic mass is 19.1. The molecule has 334 valence electrons. The smallest absolute Gasteiger partial charge is 0.306 e. The topological polar surface area (TPSA) is 92.7 Å². The van der Waals surface area contributed by atoms with Crippen molar-refractivity contribution < 1.29 is 28.6 Å². The number of ether oxygens (including phenoxy) is 1. The zero-order valence-electron chi connectivity index (χ0n) is 39.7. The summed E-state index contributed by atoms with van der Waals surface area (Å²) in [5.74, 6) is 0.340. The largest absolute Gasteiger partial charge is 0.481 e. The molecule has 1 amide bonds. The standard InChI is InChI=1S/C44H70FNO5.C3H6.2C2H6/c1-10-14-32(5)36(41(50)46-29-33-16-13-18-35(45)25-33)21-19-30(3)15-12-17-34-26-44(9)24-23-38(42(6,7)37(44)22-20-31(34)4)51-40(49)28-43(8,11-2)27-39(47)48;1-3-2;2*1-2/h13,16,18,25-26,30-32,36-38H,10-12,14-15,17,19-24,27-29H2,1-9H3,(H,46,50)(H,47,48);3H,1H2,2H3;2*1-2H3/t30?,31?,32?,36-,37?,38-,43?,44?;;;/m0.../s1. The Hall–Kier alpha value is -2.96. The van der Waals surface area contributed by atoms with E-state index in [4.69, 9.17) is 4.74 Å². The van der Waals surface area contributed by atoms with Crippen LogP contribution in [0.5, 0.6) is 0 Å². The second kappa shape index (κ2) is 27.7. The summed E-state index contributed by atoms with van der Waals surface area (Å²) < 4.78 is 19.9. The second-order valence-corrected chi connectivity index (χ2v) is 18.2. The van der Waals surface area contributed by atoms with Gasteiger partial charge in [-0.1, -0.05) is 139 Å². The molecule has 1 aromatic carbocycles. The van der Waals surface area contributed by atoms with Crippen LogP contribution in [0, 0.1) is 51.7 Å². The lowest BCUT2D eigenvalue weighted by molar-refractivity contribution is -0.170. The maximum Gasteiger partial charge on any atom is 0.306 e. The van der Waals surface area contributed by atoms with Crippen molar-refractivity contribution in [3.63, 3.8) is 0 Å². The Balaban J connectivity index is 0.00000436. The van der Waals surface area contributed by atoms with Crippen LogP contribution in [0.15, 0.2) is 48.6 Å². The van der Waals surface area contributed by atoms with Crippen LogP contribution in [-0.4, -0.2) is 29.1 Å². The van der Waals surface area contributed by atoms with Gasteiger partial charge in [0.25, 0.3) is 0 Å². The van der Waals surface area contributed by atoms with Gasteiger partial charge < -0.3 is 15.2 Å². The lowest BCUT2D eigenvalue weighted by atomic mass is 9.54. The minimum Gasteiger partial charge on any atom is -0.481 e. The van der Waals surface area contributed by atoms with Gasteiger partial charge in [-0.3, -0.25) is 14.4 Å². The Labute approximate surface area is 356 Å². The number of hydrogen-bond donors (Lipinski definition) is 2. The average Bonchev–Trinajstić information content (AvgIpc) is 3.29. The van der Waals surface area contributed by atoms with E-state index in [1.807, 2.05) is 54.5 Å². The highest BCUT2D eigenvalue weighted by Gasteiger charge is 2.52. The number of hydrogen-bond acceptors (Lipinski definition) is 4. The van der Waals surface area contributed by atoms with Crippen LogP contribution in [0.4, 0.5) is 4.39 Å². The first-order valence-electron chi connectivity index (χ1n) is 23.1. The Morgan fingerprint density at radius 3 is 2.22 bits per heavy atom. The van der Waals surface area contributed by atoms with Gasteiger partial charge in [-0.25, -0.2) is 4.39 Å². The van der Waals surface area contributed by atoms with E-state index in [1.54, 1.807) is 17.7 Å². The molecule has 2 aliphatic carbocycles. The number of carbonyl (C=O) groups excluding carboxylic acids is 2. The SMILES string of the molecule is C=CC.CC.CC.CCCC(C)[C@H](CCC(C)CCCC1=CC2(C)CC[C@H](OC(=O)CC(C)(CC)CC(=O)O)C(C)(C)C2CCC1C)C(=O)NCc1cccc(F)c1. The van der Waals surface area contributed by atoms with Crippen LogP contribution in [-0.2, 0) is 25.7 Å². The van der Waals surface area contributed by atoms with E-state index >= 15 is 0 Å². The van der Waals surface area contributed by atoms with Gasteiger partial charge in [-0.15, -0.1) is 6.58 Å². The minimum absolute atomic E-state index is 0.0350. The quantitative estimate of drug-likeness (QED) is 0.107. The molecule has 1 saturated carbocycles. The number of carboxylic acid groups (broad SMARTS) is 1. The first-order chi connectivity index (χ1) is 27.3. The third-order valence-electron chi connectivity index (χ3n) is 13.0. The van der Waals surface area contributed by atoms with Crippen molar-refractivity contribution in [2.75, 3.05) is 0 Å².